The maximum absolute atomic E-state index is 13.8. The Labute approximate surface area is 224 Å². The average Bonchev–Trinajstić information content (AvgIpc) is 3.29. The van der Waals surface area contributed by atoms with Crippen LogP contribution in [-0.4, -0.2) is 67.3 Å². The Bertz CT molecular complexity index is 1900. The number of aryl methyl sites for hydroxylation is 1. The zero-order chi connectivity index (χ0) is 26.5. The standard InChI is InChI=1S/C29H27N9O/c1-19-8-7-10-22(25(19)36-16-14-35(2)15-17-36)32-29-31-18-21-26(34-29)33-27-20-9-3-4-11-23(20)37(38(27)28(21)39)24-12-5-6-13-30-24/h3-13,18H,14-17H2,1-2H3,(H,31,32,34). The van der Waals surface area contributed by atoms with E-state index in [0.29, 0.717) is 28.4 Å². The van der Waals surface area contributed by atoms with E-state index in [9.17, 15) is 4.79 Å². The molecule has 10 nitrogen and oxygen atoms in total. The fourth-order valence-corrected chi connectivity index (χ4v) is 5.38. The van der Waals surface area contributed by atoms with Crippen LogP contribution in [0.4, 0.5) is 17.3 Å². The number of aromatic nitrogens is 6. The van der Waals surface area contributed by atoms with Crippen molar-refractivity contribution in [3.05, 3.63) is 89.0 Å². The quantitative estimate of drug-likeness (QED) is 0.378. The molecular formula is C29H27N9O. The summed E-state index contributed by atoms with van der Waals surface area (Å²) in [7, 11) is 2.15. The number of fused-ring (bicyclic) bond motifs is 4. The monoisotopic (exact) mass is 517 g/mol. The van der Waals surface area contributed by atoms with Gasteiger partial charge in [-0.25, -0.2) is 19.6 Å². The second-order valence-electron chi connectivity index (χ2n) is 9.89. The number of nitrogens with zero attached hydrogens (tertiary/aromatic N) is 8. The van der Waals surface area contributed by atoms with Crippen molar-refractivity contribution in [2.45, 2.75) is 6.92 Å². The minimum absolute atomic E-state index is 0.253. The van der Waals surface area contributed by atoms with Gasteiger partial charge >= 0.3 is 0 Å². The summed E-state index contributed by atoms with van der Waals surface area (Å²) in [4.78, 5) is 37.1. The molecule has 0 radical (unpaired) electrons. The number of nitrogens with one attached hydrogen (secondary N) is 1. The van der Waals surface area contributed by atoms with E-state index in [1.807, 2.05) is 54.6 Å². The fraction of sp³-hybridized carbons (Fsp3) is 0.207. The zero-order valence-corrected chi connectivity index (χ0v) is 21.7. The van der Waals surface area contributed by atoms with Gasteiger partial charge in [0.05, 0.1) is 16.9 Å². The molecule has 2 aromatic carbocycles. The largest absolute Gasteiger partial charge is 0.367 e. The number of para-hydroxylation sites is 2. The van der Waals surface area contributed by atoms with E-state index in [1.54, 1.807) is 21.6 Å². The van der Waals surface area contributed by atoms with Gasteiger partial charge < -0.3 is 15.1 Å². The second-order valence-corrected chi connectivity index (χ2v) is 9.89. The van der Waals surface area contributed by atoms with Crippen LogP contribution in [-0.2, 0) is 0 Å². The Balaban J connectivity index is 1.36. The van der Waals surface area contributed by atoms with Crippen molar-refractivity contribution in [2.24, 2.45) is 0 Å². The minimum Gasteiger partial charge on any atom is -0.367 e. The molecule has 0 atom stereocenters. The van der Waals surface area contributed by atoms with Crippen LogP contribution in [0, 0.1) is 6.92 Å². The van der Waals surface area contributed by atoms with E-state index >= 15 is 0 Å². The number of hydrogen-bond donors (Lipinski definition) is 1. The van der Waals surface area contributed by atoms with Crippen molar-refractivity contribution in [3.8, 4) is 5.82 Å². The predicted octanol–water partition coefficient (Wildman–Crippen LogP) is 3.78. The molecule has 39 heavy (non-hydrogen) atoms. The summed E-state index contributed by atoms with van der Waals surface area (Å²) in [6, 6.07) is 19.6. The Hall–Kier alpha value is -4.83. The van der Waals surface area contributed by atoms with Gasteiger partial charge in [0.25, 0.3) is 5.56 Å². The lowest BCUT2D eigenvalue weighted by Crippen LogP contribution is -2.45. The normalized spacial score (nSPS) is 14.5. The fourth-order valence-electron chi connectivity index (χ4n) is 5.38. The smallest absolute Gasteiger partial charge is 0.284 e. The van der Waals surface area contributed by atoms with E-state index in [-0.39, 0.29) is 5.56 Å². The molecule has 7 rings (SSSR count). The summed E-state index contributed by atoms with van der Waals surface area (Å²) in [5.41, 5.74) is 4.71. The number of anilines is 3. The van der Waals surface area contributed by atoms with Crippen molar-refractivity contribution in [1.29, 1.82) is 0 Å². The van der Waals surface area contributed by atoms with Crippen LogP contribution in [0.1, 0.15) is 5.56 Å². The average molecular weight is 518 g/mol. The van der Waals surface area contributed by atoms with Gasteiger partial charge in [0.15, 0.2) is 17.1 Å². The van der Waals surface area contributed by atoms with Crippen molar-refractivity contribution in [3.63, 3.8) is 0 Å². The lowest BCUT2D eigenvalue weighted by atomic mass is 10.1. The molecular weight excluding hydrogens is 490 g/mol. The first-order valence-corrected chi connectivity index (χ1v) is 13.0. The highest BCUT2D eigenvalue weighted by molar-refractivity contribution is 5.95. The summed E-state index contributed by atoms with van der Waals surface area (Å²) in [6.45, 7) is 6.04. The van der Waals surface area contributed by atoms with Crippen LogP contribution < -0.4 is 15.8 Å². The van der Waals surface area contributed by atoms with Crippen LogP contribution >= 0.6 is 0 Å². The maximum Gasteiger partial charge on any atom is 0.284 e. The summed E-state index contributed by atoms with van der Waals surface area (Å²) in [5.74, 6) is 1.02. The number of rotatable bonds is 4. The molecule has 10 heteroatoms. The topological polar surface area (TPSA) is 96.5 Å². The number of likely N-dealkylation sites (N-methyl/N-ethyl adjacent to an activating group) is 1. The van der Waals surface area contributed by atoms with Gasteiger partial charge in [-0.1, -0.05) is 30.3 Å². The van der Waals surface area contributed by atoms with Gasteiger partial charge in [-0.05, 0) is 49.9 Å². The third-order valence-corrected chi connectivity index (χ3v) is 7.35. The van der Waals surface area contributed by atoms with Gasteiger partial charge in [-0.2, -0.15) is 9.50 Å². The molecule has 0 bridgehead atoms. The summed E-state index contributed by atoms with van der Waals surface area (Å²) in [5, 5.41) is 4.58. The third kappa shape index (κ3) is 3.88. The van der Waals surface area contributed by atoms with Gasteiger partial charge in [-0.3, -0.25) is 4.79 Å². The SMILES string of the molecule is Cc1cccc(Nc2ncc3c(=O)n4c(nc3n2)c2ccccc2n4-c2ccccn2)c1N1CCN(C)CC1. The van der Waals surface area contributed by atoms with Gasteiger partial charge in [0.1, 0.15) is 5.39 Å². The molecule has 1 N–H and O–H groups in total. The van der Waals surface area contributed by atoms with Crippen LogP contribution in [0.15, 0.2) is 77.9 Å². The molecule has 0 amide bonds. The molecule has 194 valence electrons. The Morgan fingerprint density at radius 3 is 2.49 bits per heavy atom. The van der Waals surface area contributed by atoms with E-state index in [0.717, 1.165) is 48.5 Å². The Morgan fingerprint density at radius 2 is 1.67 bits per heavy atom. The Kier molecular flexibility index (Phi) is 5.48. The molecule has 0 spiro atoms. The first kappa shape index (κ1) is 23.3. The van der Waals surface area contributed by atoms with E-state index in [1.165, 1.54) is 5.56 Å². The molecule has 1 saturated heterocycles. The van der Waals surface area contributed by atoms with Crippen molar-refractivity contribution in [1.82, 2.24) is 34.0 Å². The minimum atomic E-state index is -0.253. The molecule has 0 unspecified atom stereocenters. The lowest BCUT2D eigenvalue weighted by Gasteiger charge is -2.36. The molecule has 6 aromatic rings. The maximum atomic E-state index is 13.8. The first-order valence-electron chi connectivity index (χ1n) is 13.0. The van der Waals surface area contributed by atoms with E-state index in [2.05, 4.69) is 45.1 Å². The zero-order valence-electron chi connectivity index (χ0n) is 21.7. The lowest BCUT2D eigenvalue weighted by molar-refractivity contribution is 0.313. The van der Waals surface area contributed by atoms with Gasteiger partial charge in [0, 0.05) is 44.0 Å². The van der Waals surface area contributed by atoms with Crippen LogP contribution in [0.5, 0.6) is 0 Å². The highest BCUT2D eigenvalue weighted by Gasteiger charge is 2.21. The van der Waals surface area contributed by atoms with Crippen molar-refractivity contribution >= 4 is 44.9 Å². The van der Waals surface area contributed by atoms with Crippen LogP contribution in [0.3, 0.4) is 0 Å². The number of hydrogen-bond acceptors (Lipinski definition) is 8. The molecule has 1 aliphatic rings. The molecule has 4 aromatic heterocycles. The van der Waals surface area contributed by atoms with E-state index < -0.39 is 0 Å². The van der Waals surface area contributed by atoms with E-state index in [4.69, 9.17) is 9.97 Å². The highest BCUT2D eigenvalue weighted by Crippen LogP contribution is 2.32. The summed E-state index contributed by atoms with van der Waals surface area (Å²) >= 11 is 0. The third-order valence-electron chi connectivity index (χ3n) is 7.35. The van der Waals surface area contributed by atoms with Gasteiger partial charge in [-0.15, -0.1) is 0 Å². The van der Waals surface area contributed by atoms with Crippen molar-refractivity contribution in [2.75, 3.05) is 43.4 Å². The van der Waals surface area contributed by atoms with Crippen LogP contribution in [0.25, 0.3) is 33.4 Å². The number of benzene rings is 2. The highest BCUT2D eigenvalue weighted by atomic mass is 16.1. The summed E-state index contributed by atoms with van der Waals surface area (Å²) in [6.07, 6.45) is 3.26. The predicted molar refractivity (Wildman–Crippen MR) is 153 cm³/mol. The van der Waals surface area contributed by atoms with Crippen LogP contribution in [0.2, 0.25) is 0 Å². The first-order chi connectivity index (χ1) is 19.1. The molecule has 0 saturated carbocycles. The molecule has 1 fully saturated rings. The molecule has 0 aliphatic carbocycles. The Morgan fingerprint density at radius 1 is 0.846 bits per heavy atom. The number of piperazine rings is 1. The number of pyridine rings is 1. The molecule has 1 aliphatic heterocycles. The van der Waals surface area contributed by atoms with Gasteiger partial charge in [0.2, 0.25) is 5.95 Å². The molecule has 5 heterocycles. The summed E-state index contributed by atoms with van der Waals surface area (Å²) < 4.78 is 3.35. The van der Waals surface area contributed by atoms with Crippen molar-refractivity contribution < 1.29 is 0 Å². The second kappa shape index (κ2) is 9.17.